The molecule has 1 aliphatic heterocycles. The van der Waals surface area contributed by atoms with Gasteiger partial charge >= 0.3 is 6.09 Å². The van der Waals surface area contributed by atoms with Crippen LogP contribution in [0.15, 0.2) is 71.1 Å². The van der Waals surface area contributed by atoms with Gasteiger partial charge in [-0.25, -0.2) is 9.78 Å². The number of fused-ring (bicyclic) bond motifs is 1. The molecule has 1 aromatic heterocycles. The third-order valence-electron chi connectivity index (χ3n) is 6.37. The number of hydrogen-bond acceptors (Lipinski definition) is 7. The highest BCUT2D eigenvalue weighted by molar-refractivity contribution is 6.30. The van der Waals surface area contributed by atoms with Crippen molar-refractivity contribution in [2.75, 3.05) is 26.2 Å². The van der Waals surface area contributed by atoms with Crippen LogP contribution in [0.4, 0.5) is 4.79 Å². The minimum Gasteiger partial charge on any atom is -0.494 e. The van der Waals surface area contributed by atoms with Gasteiger partial charge in [0.05, 0.1) is 6.61 Å². The summed E-state index contributed by atoms with van der Waals surface area (Å²) in [5, 5.41) is 3.63. The summed E-state index contributed by atoms with van der Waals surface area (Å²) in [5.41, 5.74) is 1.73. The number of likely N-dealkylation sites (tertiary alicyclic amines) is 1. The number of aromatic nitrogens is 1. The minimum atomic E-state index is -0.492. The lowest BCUT2D eigenvalue weighted by Crippen LogP contribution is -2.40. The van der Waals surface area contributed by atoms with E-state index < -0.39 is 5.60 Å². The molecule has 4 aromatic rings. The largest absolute Gasteiger partial charge is 0.494 e. The zero-order valence-electron chi connectivity index (χ0n) is 23.0. The second-order valence-corrected chi connectivity index (χ2v) is 11.3. The molecule has 8 nitrogen and oxygen atoms in total. The molecule has 1 saturated heterocycles. The molecular weight excluding hydrogens is 530 g/mol. The summed E-state index contributed by atoms with van der Waals surface area (Å²) in [6.45, 7) is 8.85. The minimum absolute atomic E-state index is 0.115. The molecule has 0 radical (unpaired) electrons. The average molecular weight is 564 g/mol. The van der Waals surface area contributed by atoms with Crippen LogP contribution in [0.5, 0.6) is 17.2 Å². The van der Waals surface area contributed by atoms with Gasteiger partial charge in [0, 0.05) is 42.3 Å². The first-order chi connectivity index (χ1) is 19.2. The number of carbonyl (C=O) groups excluding carboxylic acids is 1. The molecule has 1 fully saturated rings. The van der Waals surface area contributed by atoms with Crippen LogP contribution in [-0.2, 0) is 4.74 Å². The topological polar surface area (TPSA) is 86.1 Å². The molecule has 2 heterocycles. The maximum atomic E-state index is 12.0. The summed E-state index contributed by atoms with van der Waals surface area (Å²) in [4.78, 5) is 19.0. The van der Waals surface area contributed by atoms with Gasteiger partial charge in [0.15, 0.2) is 5.58 Å². The summed E-state index contributed by atoms with van der Waals surface area (Å²) < 4.78 is 23.3. The van der Waals surface area contributed by atoms with Gasteiger partial charge in [-0.3, -0.25) is 0 Å². The number of benzene rings is 3. The van der Waals surface area contributed by atoms with Gasteiger partial charge in [-0.2, -0.15) is 0 Å². The summed E-state index contributed by atoms with van der Waals surface area (Å²) in [7, 11) is 0. The van der Waals surface area contributed by atoms with Gasteiger partial charge < -0.3 is 28.8 Å². The monoisotopic (exact) mass is 563 g/mol. The van der Waals surface area contributed by atoms with Crippen molar-refractivity contribution in [1.82, 2.24) is 15.2 Å². The Hall–Kier alpha value is -3.75. The van der Waals surface area contributed by atoms with E-state index in [1.54, 1.807) is 12.1 Å². The van der Waals surface area contributed by atoms with Crippen LogP contribution in [0.1, 0.15) is 33.6 Å². The van der Waals surface area contributed by atoms with Crippen molar-refractivity contribution in [2.24, 2.45) is 0 Å². The Morgan fingerprint density at radius 2 is 1.88 bits per heavy atom. The van der Waals surface area contributed by atoms with E-state index in [0.29, 0.717) is 40.1 Å². The van der Waals surface area contributed by atoms with Crippen molar-refractivity contribution in [3.63, 3.8) is 0 Å². The molecule has 9 heteroatoms. The first-order valence-corrected chi connectivity index (χ1v) is 13.9. The average Bonchev–Trinajstić information content (AvgIpc) is 3.53. The number of alkyl carbamates (subject to hydrolysis) is 1. The van der Waals surface area contributed by atoms with Gasteiger partial charge in [0.2, 0.25) is 5.89 Å². The number of carbonyl (C=O) groups is 1. The highest BCUT2D eigenvalue weighted by atomic mass is 35.5. The lowest BCUT2D eigenvalue weighted by Gasteiger charge is -2.22. The number of amides is 1. The molecule has 5 rings (SSSR count). The smallest absolute Gasteiger partial charge is 0.407 e. The number of nitrogens with one attached hydrogen (secondary N) is 1. The van der Waals surface area contributed by atoms with E-state index in [1.807, 2.05) is 75.4 Å². The van der Waals surface area contributed by atoms with Crippen LogP contribution in [0, 0.1) is 0 Å². The van der Waals surface area contributed by atoms with Gasteiger partial charge in [0.25, 0.3) is 0 Å². The van der Waals surface area contributed by atoms with E-state index in [0.717, 1.165) is 43.8 Å². The fraction of sp³-hybridized carbons (Fsp3) is 0.355. The quantitative estimate of drug-likeness (QED) is 0.214. The van der Waals surface area contributed by atoms with Crippen LogP contribution in [0.2, 0.25) is 5.02 Å². The zero-order chi connectivity index (χ0) is 28.1. The number of halogens is 1. The molecule has 0 saturated carbocycles. The van der Waals surface area contributed by atoms with E-state index in [2.05, 4.69) is 15.2 Å². The summed E-state index contributed by atoms with van der Waals surface area (Å²) in [6.07, 6.45) is 1.44. The van der Waals surface area contributed by atoms with E-state index in [4.69, 9.17) is 30.2 Å². The lowest BCUT2D eigenvalue weighted by molar-refractivity contribution is 0.0505. The highest BCUT2D eigenvalue weighted by Gasteiger charge is 2.25. The van der Waals surface area contributed by atoms with Crippen molar-refractivity contribution >= 4 is 28.8 Å². The Balaban J connectivity index is 1.11. The van der Waals surface area contributed by atoms with Crippen molar-refractivity contribution in [3.05, 3.63) is 71.8 Å². The Labute approximate surface area is 239 Å². The Kier molecular flexibility index (Phi) is 8.47. The van der Waals surface area contributed by atoms with Gasteiger partial charge in [0.1, 0.15) is 28.4 Å². The SMILES string of the molecule is CC(C)(C)OC(=O)N[C@H]1CCN(CCCOc2cccc(-c3nc4cc(Oc5ccc(Cl)cc5)ccc4o3)c2)C1. The van der Waals surface area contributed by atoms with Crippen molar-refractivity contribution in [3.8, 4) is 28.7 Å². The van der Waals surface area contributed by atoms with Crippen molar-refractivity contribution in [1.29, 1.82) is 0 Å². The standard InChI is InChI=1S/C31H34ClN3O5/c1-31(2,3)40-30(36)33-23-14-16-35(20-23)15-5-17-37-25-7-4-6-21(18-25)29-34-27-19-26(12-13-28(27)39-29)38-24-10-8-22(32)9-11-24/h4,6-13,18-19,23H,5,14-17,20H2,1-3H3,(H,33,36)/t23-/m0/s1. The second kappa shape index (κ2) is 12.2. The van der Waals surface area contributed by atoms with Gasteiger partial charge in [-0.15, -0.1) is 0 Å². The molecule has 40 heavy (non-hydrogen) atoms. The molecule has 3 aromatic carbocycles. The molecule has 0 aliphatic carbocycles. The van der Waals surface area contributed by atoms with Crippen LogP contribution in [-0.4, -0.2) is 53.9 Å². The van der Waals surface area contributed by atoms with Gasteiger partial charge in [-0.05, 0) is 88.2 Å². The van der Waals surface area contributed by atoms with Crippen LogP contribution >= 0.6 is 11.6 Å². The molecule has 210 valence electrons. The molecule has 1 amide bonds. The van der Waals surface area contributed by atoms with E-state index in [9.17, 15) is 4.79 Å². The van der Waals surface area contributed by atoms with Crippen LogP contribution in [0.25, 0.3) is 22.6 Å². The first-order valence-electron chi connectivity index (χ1n) is 13.5. The Bertz CT molecular complexity index is 1450. The van der Waals surface area contributed by atoms with Crippen LogP contribution in [0.3, 0.4) is 0 Å². The Morgan fingerprint density at radius 3 is 2.67 bits per heavy atom. The molecule has 1 aliphatic rings. The van der Waals surface area contributed by atoms with Gasteiger partial charge in [-0.1, -0.05) is 17.7 Å². The number of ether oxygens (including phenoxy) is 3. The highest BCUT2D eigenvalue weighted by Crippen LogP contribution is 2.31. The molecule has 0 spiro atoms. The summed E-state index contributed by atoms with van der Waals surface area (Å²) in [6, 6.07) is 20.6. The normalized spacial score (nSPS) is 15.8. The van der Waals surface area contributed by atoms with E-state index >= 15 is 0 Å². The molecular formula is C31H34ClN3O5. The third-order valence-corrected chi connectivity index (χ3v) is 6.62. The number of hydrogen-bond donors (Lipinski definition) is 1. The predicted molar refractivity (Wildman–Crippen MR) is 155 cm³/mol. The van der Waals surface area contributed by atoms with Crippen molar-refractivity contribution < 1.29 is 23.4 Å². The maximum Gasteiger partial charge on any atom is 0.407 e. The first kappa shape index (κ1) is 27.8. The number of nitrogens with zero attached hydrogens (tertiary/aromatic N) is 2. The predicted octanol–water partition coefficient (Wildman–Crippen LogP) is 7.31. The van der Waals surface area contributed by atoms with Crippen molar-refractivity contribution in [2.45, 2.75) is 45.3 Å². The molecule has 0 bridgehead atoms. The molecule has 0 unspecified atom stereocenters. The zero-order valence-corrected chi connectivity index (χ0v) is 23.7. The molecule has 1 atom stereocenters. The Morgan fingerprint density at radius 1 is 1.07 bits per heavy atom. The number of oxazole rings is 1. The lowest BCUT2D eigenvalue weighted by atomic mass is 10.2. The fourth-order valence-corrected chi connectivity index (χ4v) is 4.68. The molecule has 1 N–H and O–H groups in total. The number of rotatable bonds is 9. The van der Waals surface area contributed by atoms with Crippen LogP contribution < -0.4 is 14.8 Å². The van der Waals surface area contributed by atoms with E-state index in [1.165, 1.54) is 0 Å². The maximum absolute atomic E-state index is 12.0. The fourth-order valence-electron chi connectivity index (χ4n) is 4.56. The third kappa shape index (κ3) is 7.67. The summed E-state index contributed by atoms with van der Waals surface area (Å²) >= 11 is 5.96. The second-order valence-electron chi connectivity index (χ2n) is 10.9. The summed E-state index contributed by atoms with van der Waals surface area (Å²) in [5.74, 6) is 2.64. The van der Waals surface area contributed by atoms with E-state index in [-0.39, 0.29) is 12.1 Å².